The van der Waals surface area contributed by atoms with Gasteiger partial charge in [0.15, 0.2) is 17.4 Å². The van der Waals surface area contributed by atoms with Crippen molar-refractivity contribution in [2.75, 3.05) is 16.9 Å². The Bertz CT molecular complexity index is 524. The second-order valence-corrected chi connectivity index (χ2v) is 3.08. The number of rotatable bonds is 3. The molecule has 6 N–H and O–H groups in total. The zero-order valence-corrected chi connectivity index (χ0v) is 8.68. The number of nitrogens with two attached hydrogens (primary N) is 2. The molecule has 0 aliphatic carbocycles. The second kappa shape index (κ2) is 4.39. The Morgan fingerprint density at radius 3 is 2.88 bits per heavy atom. The van der Waals surface area contributed by atoms with E-state index < -0.39 is 5.91 Å². The van der Waals surface area contributed by atoms with E-state index in [-0.39, 0.29) is 23.1 Å². The molecule has 2 rings (SSSR count). The van der Waals surface area contributed by atoms with Gasteiger partial charge in [-0.25, -0.2) is 9.97 Å². The second-order valence-electron chi connectivity index (χ2n) is 3.08. The molecule has 0 atom stereocenters. The average Bonchev–Trinajstić information content (AvgIpc) is 2.84. The molecule has 8 nitrogen and oxygen atoms in total. The van der Waals surface area contributed by atoms with E-state index >= 15 is 0 Å². The number of hydrogen-bond acceptors (Lipinski definition) is 7. The third-order valence-corrected chi connectivity index (χ3v) is 1.95. The first kappa shape index (κ1) is 10.7. The molecule has 0 fully saturated rings. The standard InChI is InChI=1S/C9H10N6O2/c10-6-7(11)12-4-13-8(6)14-15-9(16)5-2-1-3-17-5/h1-4H,10H2,(H,15,16)(H3,11,12,13,14). The van der Waals surface area contributed by atoms with E-state index in [4.69, 9.17) is 15.9 Å². The molecule has 17 heavy (non-hydrogen) atoms. The van der Waals surface area contributed by atoms with Crippen molar-refractivity contribution in [1.29, 1.82) is 0 Å². The Hall–Kier alpha value is -2.77. The number of nitrogen functional groups attached to an aromatic ring is 2. The molecule has 0 saturated carbocycles. The van der Waals surface area contributed by atoms with Crippen LogP contribution < -0.4 is 22.3 Å². The minimum Gasteiger partial charge on any atom is -0.459 e. The van der Waals surface area contributed by atoms with E-state index in [1.807, 2.05) is 0 Å². The van der Waals surface area contributed by atoms with Gasteiger partial charge in [-0.05, 0) is 12.1 Å². The van der Waals surface area contributed by atoms with Crippen LogP contribution in [-0.2, 0) is 0 Å². The normalized spacial score (nSPS) is 9.88. The molecule has 2 aromatic heterocycles. The number of hydrazine groups is 1. The topological polar surface area (TPSA) is 132 Å². The summed E-state index contributed by atoms with van der Waals surface area (Å²) < 4.78 is 4.90. The molecular formula is C9H10N6O2. The fraction of sp³-hybridized carbons (Fsp3) is 0. The molecule has 0 aliphatic rings. The van der Waals surface area contributed by atoms with Crippen molar-refractivity contribution in [3.05, 3.63) is 30.5 Å². The number of amides is 1. The maximum Gasteiger partial charge on any atom is 0.305 e. The number of carbonyl (C=O) groups excluding carboxylic acids is 1. The van der Waals surface area contributed by atoms with Crippen molar-refractivity contribution in [1.82, 2.24) is 15.4 Å². The monoisotopic (exact) mass is 234 g/mol. The van der Waals surface area contributed by atoms with Gasteiger partial charge in [-0.1, -0.05) is 0 Å². The Morgan fingerprint density at radius 2 is 2.18 bits per heavy atom. The molecule has 0 aliphatic heterocycles. The number of nitrogens with one attached hydrogen (secondary N) is 2. The molecule has 0 spiro atoms. The molecule has 8 heteroatoms. The van der Waals surface area contributed by atoms with Crippen LogP contribution in [-0.4, -0.2) is 15.9 Å². The van der Waals surface area contributed by atoms with Gasteiger partial charge in [0, 0.05) is 0 Å². The van der Waals surface area contributed by atoms with E-state index in [9.17, 15) is 4.79 Å². The van der Waals surface area contributed by atoms with Crippen LogP contribution >= 0.6 is 0 Å². The average molecular weight is 234 g/mol. The zero-order chi connectivity index (χ0) is 12.3. The van der Waals surface area contributed by atoms with Crippen molar-refractivity contribution >= 4 is 23.2 Å². The first-order valence-electron chi connectivity index (χ1n) is 4.64. The van der Waals surface area contributed by atoms with Gasteiger partial charge in [0.2, 0.25) is 0 Å². The Balaban J connectivity index is 2.03. The minimum atomic E-state index is -0.452. The van der Waals surface area contributed by atoms with Gasteiger partial charge >= 0.3 is 5.91 Å². The Kier molecular flexibility index (Phi) is 2.77. The van der Waals surface area contributed by atoms with Gasteiger partial charge in [-0.2, -0.15) is 0 Å². The van der Waals surface area contributed by atoms with Gasteiger partial charge in [0.1, 0.15) is 12.0 Å². The van der Waals surface area contributed by atoms with Crippen LogP contribution in [0.25, 0.3) is 0 Å². The highest BCUT2D eigenvalue weighted by Gasteiger charge is 2.09. The lowest BCUT2D eigenvalue weighted by atomic mass is 10.4. The van der Waals surface area contributed by atoms with E-state index in [2.05, 4.69) is 20.8 Å². The number of hydrogen-bond donors (Lipinski definition) is 4. The predicted molar refractivity (Wildman–Crippen MR) is 60.7 cm³/mol. The molecule has 0 unspecified atom stereocenters. The first-order chi connectivity index (χ1) is 8.18. The summed E-state index contributed by atoms with van der Waals surface area (Å²) in [7, 11) is 0. The molecule has 2 heterocycles. The fourth-order valence-corrected chi connectivity index (χ4v) is 1.09. The van der Waals surface area contributed by atoms with Gasteiger partial charge in [0.05, 0.1) is 6.26 Å². The SMILES string of the molecule is Nc1ncnc(NNC(=O)c2ccco2)c1N. The first-order valence-corrected chi connectivity index (χ1v) is 4.64. The quantitative estimate of drug-likeness (QED) is 0.549. The van der Waals surface area contributed by atoms with Crippen molar-refractivity contribution in [3.8, 4) is 0 Å². The minimum absolute atomic E-state index is 0.134. The Morgan fingerprint density at radius 1 is 1.35 bits per heavy atom. The van der Waals surface area contributed by atoms with Crippen LogP contribution in [0.1, 0.15) is 10.6 Å². The summed E-state index contributed by atoms with van der Waals surface area (Å²) in [5.74, 6) is 0.0665. The van der Waals surface area contributed by atoms with Gasteiger partial charge in [-0.3, -0.25) is 15.6 Å². The van der Waals surface area contributed by atoms with Gasteiger partial charge in [0.25, 0.3) is 0 Å². The fourth-order valence-electron chi connectivity index (χ4n) is 1.09. The van der Waals surface area contributed by atoms with Crippen LogP contribution in [0.3, 0.4) is 0 Å². The highest BCUT2D eigenvalue weighted by molar-refractivity contribution is 5.92. The zero-order valence-electron chi connectivity index (χ0n) is 8.68. The maximum absolute atomic E-state index is 11.5. The van der Waals surface area contributed by atoms with Crippen LogP contribution in [0, 0.1) is 0 Å². The summed E-state index contributed by atoms with van der Waals surface area (Å²) in [6.07, 6.45) is 2.62. The summed E-state index contributed by atoms with van der Waals surface area (Å²) in [6, 6.07) is 3.13. The van der Waals surface area contributed by atoms with Crippen LogP contribution in [0.5, 0.6) is 0 Å². The lowest BCUT2D eigenvalue weighted by Crippen LogP contribution is -2.30. The molecular weight excluding hydrogens is 224 g/mol. The number of anilines is 3. The highest BCUT2D eigenvalue weighted by Crippen LogP contribution is 2.18. The summed E-state index contributed by atoms with van der Waals surface area (Å²) in [4.78, 5) is 19.0. The molecule has 2 aromatic rings. The third-order valence-electron chi connectivity index (χ3n) is 1.95. The van der Waals surface area contributed by atoms with Gasteiger partial charge in [-0.15, -0.1) is 0 Å². The lowest BCUT2D eigenvalue weighted by molar-refractivity contribution is 0.0935. The molecule has 0 saturated heterocycles. The van der Waals surface area contributed by atoms with Crippen molar-refractivity contribution in [2.24, 2.45) is 0 Å². The number of aromatic nitrogens is 2. The molecule has 0 aromatic carbocycles. The summed E-state index contributed by atoms with van der Waals surface area (Å²) in [6.45, 7) is 0. The maximum atomic E-state index is 11.5. The van der Waals surface area contributed by atoms with Crippen LogP contribution in [0.4, 0.5) is 17.3 Å². The molecule has 1 amide bonds. The van der Waals surface area contributed by atoms with Gasteiger partial charge < -0.3 is 15.9 Å². The van der Waals surface area contributed by atoms with E-state index in [1.165, 1.54) is 18.7 Å². The van der Waals surface area contributed by atoms with Crippen molar-refractivity contribution in [2.45, 2.75) is 0 Å². The smallest absolute Gasteiger partial charge is 0.305 e. The number of carbonyl (C=O) groups is 1. The highest BCUT2D eigenvalue weighted by atomic mass is 16.3. The van der Waals surface area contributed by atoms with Crippen molar-refractivity contribution < 1.29 is 9.21 Å². The molecule has 0 bridgehead atoms. The summed E-state index contributed by atoms with van der Waals surface area (Å²) in [5, 5.41) is 0. The molecule has 88 valence electrons. The Labute approximate surface area is 96.0 Å². The van der Waals surface area contributed by atoms with E-state index in [1.54, 1.807) is 6.07 Å². The lowest BCUT2D eigenvalue weighted by Gasteiger charge is -2.08. The third kappa shape index (κ3) is 2.25. The summed E-state index contributed by atoms with van der Waals surface area (Å²) >= 11 is 0. The number of nitrogens with zero attached hydrogens (tertiary/aromatic N) is 2. The largest absolute Gasteiger partial charge is 0.459 e. The predicted octanol–water partition coefficient (Wildman–Crippen LogP) is -0.00910. The van der Waals surface area contributed by atoms with E-state index in [0.717, 1.165) is 0 Å². The molecule has 0 radical (unpaired) electrons. The van der Waals surface area contributed by atoms with Crippen LogP contribution in [0.2, 0.25) is 0 Å². The summed E-state index contributed by atoms with van der Waals surface area (Å²) in [5.41, 5.74) is 16.1. The van der Waals surface area contributed by atoms with Crippen LogP contribution in [0.15, 0.2) is 29.1 Å². The van der Waals surface area contributed by atoms with E-state index in [0.29, 0.717) is 0 Å². The number of furan rings is 1. The van der Waals surface area contributed by atoms with Crippen molar-refractivity contribution in [3.63, 3.8) is 0 Å².